The Hall–Kier alpha value is -0.570. The average molecular weight is 242 g/mol. The molecule has 0 fully saturated rings. The summed E-state index contributed by atoms with van der Waals surface area (Å²) >= 11 is 3.50. The second kappa shape index (κ2) is 2.98. The minimum Gasteiger partial charge on any atom is -0.342 e. The minimum atomic E-state index is 0.306. The van der Waals surface area contributed by atoms with Crippen LogP contribution < -0.4 is 0 Å². The summed E-state index contributed by atoms with van der Waals surface area (Å²) in [6, 6.07) is 0. The topological polar surface area (TPSA) is 22.0 Å². The number of hydrogen-bond donors (Lipinski definition) is 0. The van der Waals surface area contributed by atoms with Crippen molar-refractivity contribution in [3.05, 3.63) is 21.4 Å². The van der Waals surface area contributed by atoms with Gasteiger partial charge in [0, 0.05) is 24.7 Å². The highest BCUT2D eigenvalue weighted by atomic mass is 79.9. The van der Waals surface area contributed by atoms with E-state index in [4.69, 9.17) is 0 Å². The lowest BCUT2D eigenvalue weighted by atomic mass is 9.94. The molecule has 0 spiro atoms. The first-order chi connectivity index (χ1) is 6.13. The van der Waals surface area contributed by atoms with E-state index in [0.29, 0.717) is 12.2 Å². The van der Waals surface area contributed by atoms with Crippen molar-refractivity contribution in [3.63, 3.8) is 0 Å². The van der Waals surface area contributed by atoms with Crippen LogP contribution in [-0.2, 0) is 13.5 Å². The normalized spacial score (nSPS) is 16.1. The van der Waals surface area contributed by atoms with Crippen LogP contribution in [-0.4, -0.2) is 10.4 Å². The number of carbonyl (C=O) groups excluding carboxylic acids is 1. The number of halogens is 1. The molecule has 0 bridgehead atoms. The quantitative estimate of drug-likeness (QED) is 0.685. The van der Waals surface area contributed by atoms with Gasteiger partial charge < -0.3 is 4.57 Å². The molecule has 0 aliphatic heterocycles. The number of nitrogens with zero attached hydrogens (tertiary/aromatic N) is 1. The molecular weight excluding hydrogens is 230 g/mol. The number of rotatable bonds is 0. The zero-order chi connectivity index (χ0) is 9.59. The van der Waals surface area contributed by atoms with Gasteiger partial charge in [-0.2, -0.15) is 0 Å². The van der Waals surface area contributed by atoms with Gasteiger partial charge in [-0.15, -0.1) is 0 Å². The van der Waals surface area contributed by atoms with Gasteiger partial charge in [-0.25, -0.2) is 0 Å². The number of Topliss-reactive ketones (excluding diaryl/α,β-unsaturated/α-hetero) is 1. The summed E-state index contributed by atoms with van der Waals surface area (Å²) in [6.07, 6.45) is 2.74. The third-order valence-corrected chi connectivity index (χ3v) is 3.90. The van der Waals surface area contributed by atoms with Crippen LogP contribution >= 0.6 is 15.9 Å². The molecule has 0 saturated carbocycles. The van der Waals surface area contributed by atoms with E-state index >= 15 is 0 Å². The van der Waals surface area contributed by atoms with Gasteiger partial charge in [0.05, 0.1) is 4.60 Å². The zero-order valence-corrected chi connectivity index (χ0v) is 9.44. The predicted octanol–water partition coefficient (Wildman–Crippen LogP) is 2.62. The molecular formula is C10H12BrNO. The van der Waals surface area contributed by atoms with Gasteiger partial charge in [-0.1, -0.05) is 0 Å². The smallest absolute Gasteiger partial charge is 0.165 e. The number of aromatic nitrogens is 1. The molecule has 1 aliphatic carbocycles. The zero-order valence-electron chi connectivity index (χ0n) is 7.85. The van der Waals surface area contributed by atoms with E-state index in [9.17, 15) is 4.79 Å². The molecule has 1 aromatic heterocycles. The summed E-state index contributed by atoms with van der Waals surface area (Å²) in [5, 5.41) is 0. The summed E-state index contributed by atoms with van der Waals surface area (Å²) in [6.45, 7) is 2.01. The maximum absolute atomic E-state index is 11.6. The van der Waals surface area contributed by atoms with Crippen LogP contribution in [0.1, 0.15) is 34.5 Å². The molecule has 13 heavy (non-hydrogen) atoms. The number of ketones is 1. The van der Waals surface area contributed by atoms with E-state index < -0.39 is 0 Å². The van der Waals surface area contributed by atoms with Crippen LogP contribution in [0.2, 0.25) is 0 Å². The molecule has 0 saturated heterocycles. The predicted molar refractivity (Wildman–Crippen MR) is 55.1 cm³/mol. The van der Waals surface area contributed by atoms with E-state index in [-0.39, 0.29) is 0 Å². The van der Waals surface area contributed by atoms with E-state index in [2.05, 4.69) is 20.5 Å². The van der Waals surface area contributed by atoms with Crippen molar-refractivity contribution in [3.8, 4) is 0 Å². The second-order valence-electron chi connectivity index (χ2n) is 3.57. The lowest BCUT2D eigenvalue weighted by molar-refractivity contribution is 0.0971. The van der Waals surface area contributed by atoms with Crippen molar-refractivity contribution in [2.75, 3.05) is 0 Å². The van der Waals surface area contributed by atoms with Crippen molar-refractivity contribution in [1.82, 2.24) is 4.57 Å². The average Bonchev–Trinajstić information content (AvgIpc) is 2.33. The fraction of sp³-hybridized carbons (Fsp3) is 0.500. The first kappa shape index (κ1) is 9.00. The summed E-state index contributed by atoms with van der Waals surface area (Å²) < 4.78 is 3.13. The second-order valence-corrected chi connectivity index (χ2v) is 4.32. The molecule has 1 aliphatic rings. The fourth-order valence-corrected chi connectivity index (χ4v) is 2.47. The van der Waals surface area contributed by atoms with Crippen LogP contribution in [0.4, 0.5) is 0 Å². The van der Waals surface area contributed by atoms with Gasteiger partial charge in [0.2, 0.25) is 0 Å². The monoisotopic (exact) mass is 241 g/mol. The van der Waals surface area contributed by atoms with Crippen LogP contribution in [0.25, 0.3) is 0 Å². The van der Waals surface area contributed by atoms with E-state index in [1.165, 1.54) is 5.69 Å². The molecule has 1 heterocycles. The molecule has 2 rings (SSSR count). The Bertz CT molecular complexity index is 379. The highest BCUT2D eigenvalue weighted by molar-refractivity contribution is 9.10. The summed E-state index contributed by atoms with van der Waals surface area (Å²) in [5.41, 5.74) is 3.25. The Morgan fingerprint density at radius 2 is 2.08 bits per heavy atom. The molecule has 0 aromatic carbocycles. The maximum Gasteiger partial charge on any atom is 0.165 e. The summed E-state index contributed by atoms with van der Waals surface area (Å²) in [4.78, 5) is 11.6. The lowest BCUT2D eigenvalue weighted by Gasteiger charge is -2.12. The van der Waals surface area contributed by atoms with Gasteiger partial charge in [-0.3, -0.25) is 4.79 Å². The Morgan fingerprint density at radius 1 is 1.38 bits per heavy atom. The SMILES string of the molecule is Cc1c2c(n(C)c1Br)CCCC2=O. The molecule has 0 unspecified atom stereocenters. The van der Waals surface area contributed by atoms with Crippen molar-refractivity contribution in [1.29, 1.82) is 0 Å². The standard InChI is InChI=1S/C10H12BrNO/c1-6-9-7(12(2)10(6)11)4-3-5-8(9)13/h3-5H2,1-2H3. The molecule has 1 aromatic rings. The molecule has 0 radical (unpaired) electrons. The van der Waals surface area contributed by atoms with Gasteiger partial charge in [0.25, 0.3) is 0 Å². The number of fused-ring (bicyclic) bond motifs is 1. The molecule has 0 amide bonds. The lowest BCUT2D eigenvalue weighted by Crippen LogP contribution is -2.12. The van der Waals surface area contributed by atoms with Gasteiger partial charge in [-0.05, 0) is 41.3 Å². The molecule has 70 valence electrons. The minimum absolute atomic E-state index is 0.306. The van der Waals surface area contributed by atoms with Crippen LogP contribution in [0.15, 0.2) is 4.60 Å². The Kier molecular flexibility index (Phi) is 2.06. The maximum atomic E-state index is 11.6. The summed E-state index contributed by atoms with van der Waals surface area (Å²) in [7, 11) is 2.01. The summed E-state index contributed by atoms with van der Waals surface area (Å²) in [5.74, 6) is 0.306. The van der Waals surface area contributed by atoms with E-state index in [1.807, 2.05) is 14.0 Å². The Balaban J connectivity index is 2.70. The first-order valence-electron chi connectivity index (χ1n) is 4.49. The van der Waals surface area contributed by atoms with Gasteiger partial charge in [0.15, 0.2) is 5.78 Å². The molecule has 0 atom stereocenters. The molecule has 0 N–H and O–H groups in total. The largest absolute Gasteiger partial charge is 0.342 e. The number of hydrogen-bond acceptors (Lipinski definition) is 1. The molecule has 2 nitrogen and oxygen atoms in total. The van der Waals surface area contributed by atoms with Crippen LogP contribution in [0.5, 0.6) is 0 Å². The van der Waals surface area contributed by atoms with Crippen LogP contribution in [0.3, 0.4) is 0 Å². The van der Waals surface area contributed by atoms with Gasteiger partial charge in [0.1, 0.15) is 0 Å². The third kappa shape index (κ3) is 1.17. The Morgan fingerprint density at radius 3 is 2.69 bits per heavy atom. The van der Waals surface area contributed by atoms with Crippen LogP contribution in [0, 0.1) is 6.92 Å². The van der Waals surface area contributed by atoms with E-state index in [0.717, 1.165) is 28.6 Å². The number of carbonyl (C=O) groups is 1. The van der Waals surface area contributed by atoms with Crippen molar-refractivity contribution >= 4 is 21.7 Å². The van der Waals surface area contributed by atoms with Gasteiger partial charge >= 0.3 is 0 Å². The third-order valence-electron chi connectivity index (χ3n) is 2.77. The van der Waals surface area contributed by atoms with Crippen molar-refractivity contribution in [2.45, 2.75) is 26.2 Å². The molecule has 3 heteroatoms. The van der Waals surface area contributed by atoms with Crippen molar-refractivity contribution < 1.29 is 4.79 Å². The first-order valence-corrected chi connectivity index (χ1v) is 5.29. The van der Waals surface area contributed by atoms with Crippen molar-refractivity contribution in [2.24, 2.45) is 7.05 Å². The highest BCUT2D eigenvalue weighted by Gasteiger charge is 2.24. The van der Waals surface area contributed by atoms with E-state index in [1.54, 1.807) is 0 Å². The Labute approximate surface area is 86.1 Å². The fourth-order valence-electron chi connectivity index (χ4n) is 2.06. The highest BCUT2D eigenvalue weighted by Crippen LogP contribution is 2.31.